The number of carbonyl (C=O) groups is 1. The van der Waals surface area contributed by atoms with Crippen LogP contribution in [0, 0.1) is 0 Å². The Bertz CT molecular complexity index is 426. The van der Waals surface area contributed by atoms with E-state index in [4.69, 9.17) is 14.7 Å². The van der Waals surface area contributed by atoms with E-state index in [1.54, 1.807) is 12.1 Å². The molecule has 0 saturated heterocycles. The molecule has 0 heterocycles. The number of para-hydroxylation sites is 1. The highest BCUT2D eigenvalue weighted by atomic mass is 79.9. The van der Waals surface area contributed by atoms with Gasteiger partial charge in [-0.25, -0.2) is 4.79 Å². The zero-order valence-electron chi connectivity index (χ0n) is 12.0. The smallest absolute Gasteiger partial charge is 0.339 e. The SMILES string of the molecule is CCC(N)(CC)CC.O=C(O)c1cccc(Br)c1OBr. The number of halogens is 2. The fourth-order valence-electron chi connectivity index (χ4n) is 1.51. The maximum atomic E-state index is 10.6. The molecule has 1 aromatic carbocycles. The van der Waals surface area contributed by atoms with Crippen molar-refractivity contribution >= 4 is 38.2 Å². The lowest BCUT2D eigenvalue weighted by molar-refractivity contribution is 0.0695. The van der Waals surface area contributed by atoms with Crippen molar-refractivity contribution in [1.82, 2.24) is 0 Å². The van der Waals surface area contributed by atoms with Crippen molar-refractivity contribution in [2.75, 3.05) is 0 Å². The van der Waals surface area contributed by atoms with Crippen LogP contribution in [0.2, 0.25) is 0 Å². The van der Waals surface area contributed by atoms with Crippen molar-refractivity contribution in [2.45, 2.75) is 45.6 Å². The molecule has 4 nitrogen and oxygen atoms in total. The molecule has 0 unspecified atom stereocenters. The van der Waals surface area contributed by atoms with Gasteiger partial charge in [-0.3, -0.25) is 0 Å². The molecular formula is C14H21Br2NO3. The molecule has 0 aliphatic rings. The standard InChI is InChI=1S/C7H4Br2O3.C7H17N/c8-5-3-1-2-4(7(10)11)6(5)12-9;1-4-7(8,5-2)6-3/h1-3H,(H,10,11);4-6,8H2,1-3H3. The molecule has 20 heavy (non-hydrogen) atoms. The number of carboxylic acid groups (broad SMARTS) is 1. The number of rotatable bonds is 5. The summed E-state index contributed by atoms with van der Waals surface area (Å²) < 4.78 is 5.32. The Hall–Kier alpha value is -0.590. The second kappa shape index (κ2) is 9.37. The van der Waals surface area contributed by atoms with Gasteiger partial charge in [-0.05, 0) is 47.3 Å². The second-order valence-corrected chi connectivity index (χ2v) is 5.60. The highest BCUT2D eigenvalue weighted by Gasteiger charge is 2.15. The van der Waals surface area contributed by atoms with E-state index in [0.29, 0.717) is 4.47 Å². The quantitative estimate of drug-likeness (QED) is 0.734. The van der Waals surface area contributed by atoms with Crippen LogP contribution in [-0.2, 0) is 0 Å². The van der Waals surface area contributed by atoms with E-state index in [9.17, 15) is 4.79 Å². The van der Waals surface area contributed by atoms with Gasteiger partial charge in [-0.2, -0.15) is 0 Å². The Balaban J connectivity index is 0.000000396. The van der Waals surface area contributed by atoms with E-state index in [1.807, 2.05) is 0 Å². The van der Waals surface area contributed by atoms with Gasteiger partial charge >= 0.3 is 5.97 Å². The summed E-state index contributed by atoms with van der Waals surface area (Å²) >= 11 is 5.89. The molecule has 0 bridgehead atoms. The second-order valence-electron chi connectivity index (χ2n) is 4.42. The number of nitrogens with two attached hydrogens (primary N) is 1. The third-order valence-corrected chi connectivity index (χ3v) is 4.34. The van der Waals surface area contributed by atoms with Crippen LogP contribution in [-0.4, -0.2) is 16.6 Å². The van der Waals surface area contributed by atoms with Crippen LogP contribution in [0.15, 0.2) is 22.7 Å². The number of carboxylic acids is 1. The average Bonchev–Trinajstić information content (AvgIpc) is 2.46. The minimum Gasteiger partial charge on any atom is -0.478 e. The van der Waals surface area contributed by atoms with E-state index >= 15 is 0 Å². The first-order chi connectivity index (χ1) is 9.35. The van der Waals surface area contributed by atoms with Crippen molar-refractivity contribution in [1.29, 1.82) is 0 Å². The summed E-state index contributed by atoms with van der Waals surface area (Å²) in [7, 11) is 0. The van der Waals surface area contributed by atoms with Crippen molar-refractivity contribution in [3.8, 4) is 5.75 Å². The molecule has 1 aromatic rings. The molecule has 0 amide bonds. The molecule has 114 valence electrons. The Labute approximate surface area is 137 Å². The first-order valence-electron chi connectivity index (χ1n) is 6.44. The molecule has 1 rings (SSSR count). The molecule has 6 heteroatoms. The monoisotopic (exact) mass is 409 g/mol. The first-order valence-corrected chi connectivity index (χ1v) is 7.88. The van der Waals surface area contributed by atoms with Gasteiger partial charge in [0.25, 0.3) is 0 Å². The molecule has 0 aliphatic carbocycles. The average molecular weight is 411 g/mol. The van der Waals surface area contributed by atoms with E-state index in [-0.39, 0.29) is 16.9 Å². The fraction of sp³-hybridized carbons (Fsp3) is 0.500. The highest BCUT2D eigenvalue weighted by Crippen LogP contribution is 2.30. The Morgan fingerprint density at radius 3 is 2.05 bits per heavy atom. The highest BCUT2D eigenvalue weighted by molar-refractivity contribution is 9.10. The van der Waals surface area contributed by atoms with E-state index in [0.717, 1.165) is 19.3 Å². The van der Waals surface area contributed by atoms with Crippen LogP contribution in [0.5, 0.6) is 5.75 Å². The van der Waals surface area contributed by atoms with Gasteiger partial charge in [-0.15, -0.1) is 0 Å². The van der Waals surface area contributed by atoms with E-state index < -0.39 is 5.97 Å². The molecule has 0 saturated carbocycles. The van der Waals surface area contributed by atoms with Crippen molar-refractivity contribution in [3.05, 3.63) is 28.2 Å². The van der Waals surface area contributed by atoms with Crippen LogP contribution >= 0.6 is 32.2 Å². The molecule has 0 radical (unpaired) electrons. The summed E-state index contributed by atoms with van der Waals surface area (Å²) in [6.45, 7) is 6.44. The molecule has 0 fully saturated rings. The summed E-state index contributed by atoms with van der Waals surface area (Å²) in [6.07, 6.45) is 3.29. The van der Waals surface area contributed by atoms with Crippen LogP contribution in [0.4, 0.5) is 0 Å². The fourth-order valence-corrected chi connectivity index (χ4v) is 2.52. The molecule has 0 aliphatic heterocycles. The first kappa shape index (κ1) is 19.4. The third-order valence-electron chi connectivity index (χ3n) is 3.39. The molecule has 0 atom stereocenters. The van der Waals surface area contributed by atoms with Gasteiger partial charge in [0.2, 0.25) is 0 Å². The molecule has 0 aromatic heterocycles. The lowest BCUT2D eigenvalue weighted by Gasteiger charge is -2.23. The minimum atomic E-state index is -1.02. The zero-order chi connectivity index (χ0) is 15.8. The van der Waals surface area contributed by atoms with Crippen LogP contribution in [0.25, 0.3) is 0 Å². The Morgan fingerprint density at radius 1 is 1.30 bits per heavy atom. The predicted octanol–water partition coefficient (Wildman–Crippen LogP) is 4.75. The number of aromatic carboxylic acids is 1. The molecule has 3 N–H and O–H groups in total. The maximum Gasteiger partial charge on any atom is 0.339 e. The van der Waals surface area contributed by atoms with Gasteiger partial charge in [-0.1, -0.05) is 26.8 Å². The molecular weight excluding hydrogens is 390 g/mol. The number of hydrogen-bond donors (Lipinski definition) is 2. The van der Waals surface area contributed by atoms with Crippen molar-refractivity contribution in [3.63, 3.8) is 0 Å². The van der Waals surface area contributed by atoms with Gasteiger partial charge < -0.3 is 14.7 Å². The normalized spacial score (nSPS) is 10.5. The lowest BCUT2D eigenvalue weighted by atomic mass is 9.92. The largest absolute Gasteiger partial charge is 0.478 e. The van der Waals surface area contributed by atoms with Gasteiger partial charge in [0.05, 0.1) is 4.47 Å². The van der Waals surface area contributed by atoms with Gasteiger partial charge in [0, 0.05) is 5.54 Å². The summed E-state index contributed by atoms with van der Waals surface area (Å²) in [6, 6.07) is 4.79. The summed E-state index contributed by atoms with van der Waals surface area (Å²) in [5, 5.41) is 8.70. The van der Waals surface area contributed by atoms with E-state index in [1.165, 1.54) is 6.07 Å². The third kappa shape index (κ3) is 5.81. The maximum absolute atomic E-state index is 10.6. The van der Waals surface area contributed by atoms with Crippen LogP contribution < -0.4 is 9.56 Å². The summed E-state index contributed by atoms with van der Waals surface area (Å²) in [4.78, 5) is 10.6. The lowest BCUT2D eigenvalue weighted by Crippen LogP contribution is -2.37. The van der Waals surface area contributed by atoms with Crippen molar-refractivity contribution < 1.29 is 13.7 Å². The van der Waals surface area contributed by atoms with Gasteiger partial charge in [0.15, 0.2) is 22.0 Å². The zero-order valence-corrected chi connectivity index (χ0v) is 15.1. The topological polar surface area (TPSA) is 72.6 Å². The number of benzene rings is 1. The summed E-state index contributed by atoms with van der Waals surface area (Å²) in [5.41, 5.74) is 6.13. The van der Waals surface area contributed by atoms with Crippen LogP contribution in [0.3, 0.4) is 0 Å². The van der Waals surface area contributed by atoms with E-state index in [2.05, 4.69) is 53.0 Å². The van der Waals surface area contributed by atoms with Crippen molar-refractivity contribution in [2.24, 2.45) is 5.73 Å². The molecule has 0 spiro atoms. The Morgan fingerprint density at radius 2 is 1.80 bits per heavy atom. The predicted molar refractivity (Wildman–Crippen MR) is 88.4 cm³/mol. The minimum absolute atomic E-state index is 0.112. The van der Waals surface area contributed by atoms with Crippen LogP contribution in [0.1, 0.15) is 50.4 Å². The van der Waals surface area contributed by atoms with Gasteiger partial charge in [0.1, 0.15) is 5.56 Å². The number of hydrogen-bond acceptors (Lipinski definition) is 3. The Kier molecular flexibility index (Phi) is 9.09. The summed E-state index contributed by atoms with van der Waals surface area (Å²) in [5.74, 6) is -0.754.